The molecule has 168 valence electrons. The van der Waals surface area contributed by atoms with E-state index in [0.717, 1.165) is 25.9 Å². The highest BCUT2D eigenvalue weighted by Gasteiger charge is 2.49. The van der Waals surface area contributed by atoms with E-state index in [9.17, 15) is 9.59 Å². The van der Waals surface area contributed by atoms with Crippen LogP contribution in [0.5, 0.6) is 0 Å². The fraction of sp³-hybridized carbons (Fsp3) is 0.895. The molecule has 0 aromatic heterocycles. The number of urea groups is 1. The van der Waals surface area contributed by atoms with Crippen molar-refractivity contribution in [3.63, 3.8) is 0 Å². The van der Waals surface area contributed by atoms with Crippen LogP contribution < -0.4 is 10.6 Å². The summed E-state index contributed by atoms with van der Waals surface area (Å²) in [6, 6.07) is -0.212. The molecule has 9 nitrogen and oxygen atoms in total. The van der Waals surface area contributed by atoms with Crippen LogP contribution in [-0.2, 0) is 23.7 Å². The smallest absolute Gasteiger partial charge is 0.315 e. The number of carboxylic acid groups (broad SMARTS) is 1. The van der Waals surface area contributed by atoms with Crippen LogP contribution >= 0.6 is 11.8 Å². The van der Waals surface area contributed by atoms with Crippen molar-refractivity contribution in [1.82, 2.24) is 10.6 Å². The first-order valence-corrected chi connectivity index (χ1v) is 11.3. The molecule has 0 radical (unpaired) electrons. The lowest BCUT2D eigenvalue weighted by Crippen LogP contribution is -2.40. The van der Waals surface area contributed by atoms with Crippen LogP contribution in [0.2, 0.25) is 0 Å². The second-order valence-corrected chi connectivity index (χ2v) is 8.40. The monoisotopic (exact) mass is 434 g/mol. The van der Waals surface area contributed by atoms with Gasteiger partial charge in [0.15, 0.2) is 0 Å². The van der Waals surface area contributed by atoms with E-state index < -0.39 is 5.97 Å². The molecule has 2 fully saturated rings. The normalized spacial score (nSPS) is 25.6. The summed E-state index contributed by atoms with van der Waals surface area (Å²) in [5, 5.41) is 14.9. The minimum absolute atomic E-state index is 0.0200. The Kier molecular flexibility index (Phi) is 11.7. The highest BCUT2D eigenvalue weighted by Crippen LogP contribution is 2.39. The van der Waals surface area contributed by atoms with Crippen molar-refractivity contribution < 1.29 is 33.6 Å². The lowest BCUT2D eigenvalue weighted by Gasteiger charge is -2.17. The first-order chi connectivity index (χ1) is 14.1. The molecule has 0 spiro atoms. The first-order valence-electron chi connectivity index (χ1n) is 10.4. The molecule has 2 amide bonds. The largest absolute Gasteiger partial charge is 0.481 e. The van der Waals surface area contributed by atoms with Gasteiger partial charge in [-0.2, -0.15) is 0 Å². The van der Waals surface area contributed by atoms with E-state index in [4.69, 9.17) is 24.1 Å². The molecule has 10 heteroatoms. The molecule has 0 aliphatic carbocycles. The lowest BCUT2D eigenvalue weighted by atomic mass is 10.0. The quantitative estimate of drug-likeness (QED) is 0.234. The zero-order chi connectivity index (χ0) is 20.9. The van der Waals surface area contributed by atoms with Gasteiger partial charge in [0, 0.05) is 18.3 Å². The van der Waals surface area contributed by atoms with Crippen molar-refractivity contribution in [2.24, 2.45) is 0 Å². The van der Waals surface area contributed by atoms with Gasteiger partial charge in [0.2, 0.25) is 0 Å². The molecule has 2 aliphatic heterocycles. The van der Waals surface area contributed by atoms with Crippen molar-refractivity contribution >= 4 is 23.8 Å². The lowest BCUT2D eigenvalue weighted by molar-refractivity contribution is -0.137. The summed E-state index contributed by atoms with van der Waals surface area (Å²) in [7, 11) is 0. The van der Waals surface area contributed by atoms with Crippen LogP contribution in [0.25, 0.3) is 0 Å². The van der Waals surface area contributed by atoms with Gasteiger partial charge in [0.05, 0.1) is 51.7 Å². The molecule has 2 heterocycles. The Balaban J connectivity index is 1.55. The van der Waals surface area contributed by atoms with Gasteiger partial charge in [0.1, 0.15) is 5.44 Å². The highest BCUT2D eigenvalue weighted by molar-refractivity contribution is 8.00. The van der Waals surface area contributed by atoms with E-state index >= 15 is 0 Å². The molecule has 2 aliphatic rings. The van der Waals surface area contributed by atoms with E-state index in [0.29, 0.717) is 46.1 Å². The predicted molar refractivity (Wildman–Crippen MR) is 109 cm³/mol. The molecule has 29 heavy (non-hydrogen) atoms. The molecule has 3 N–H and O–H groups in total. The average Bonchev–Trinajstić information content (AvgIpc) is 3.21. The van der Waals surface area contributed by atoms with Gasteiger partial charge in [-0.05, 0) is 19.3 Å². The number of hydrogen-bond acceptors (Lipinski definition) is 7. The number of carboxylic acids is 1. The molecule has 0 unspecified atom stereocenters. The van der Waals surface area contributed by atoms with Crippen LogP contribution in [0.3, 0.4) is 0 Å². The molecule has 0 bridgehead atoms. The van der Waals surface area contributed by atoms with Gasteiger partial charge in [-0.25, -0.2) is 4.79 Å². The van der Waals surface area contributed by atoms with Crippen molar-refractivity contribution in [2.75, 3.05) is 46.2 Å². The van der Waals surface area contributed by atoms with Crippen molar-refractivity contribution in [1.29, 1.82) is 0 Å². The van der Waals surface area contributed by atoms with Crippen LogP contribution in [0.15, 0.2) is 0 Å². The Bertz CT molecular complexity index is 497. The van der Waals surface area contributed by atoms with Crippen molar-refractivity contribution in [2.45, 2.75) is 61.8 Å². The van der Waals surface area contributed by atoms with E-state index in [1.807, 2.05) is 0 Å². The summed E-state index contributed by atoms with van der Waals surface area (Å²) < 4.78 is 22.2. The van der Waals surface area contributed by atoms with Crippen LogP contribution in [0, 0.1) is 0 Å². The zero-order valence-electron chi connectivity index (χ0n) is 17.1. The van der Waals surface area contributed by atoms with Crippen molar-refractivity contribution in [3.05, 3.63) is 0 Å². The Morgan fingerprint density at radius 2 is 1.59 bits per heavy atom. The number of thioether (sulfide) groups is 1. The highest BCUT2D eigenvalue weighted by atomic mass is 32.2. The number of carbonyl (C=O) groups excluding carboxylic acids is 1. The Morgan fingerprint density at radius 1 is 0.966 bits per heavy atom. The van der Waals surface area contributed by atoms with E-state index in [1.54, 1.807) is 11.8 Å². The third-order valence-corrected chi connectivity index (χ3v) is 6.29. The topological polar surface area (TPSA) is 115 Å². The van der Waals surface area contributed by atoms with Gasteiger partial charge >= 0.3 is 12.0 Å². The Morgan fingerprint density at radius 3 is 2.24 bits per heavy atom. The maximum Gasteiger partial charge on any atom is 0.315 e. The second kappa shape index (κ2) is 14.0. The number of fused-ring (bicyclic) bond motifs is 1. The van der Waals surface area contributed by atoms with E-state index in [2.05, 4.69) is 17.6 Å². The van der Waals surface area contributed by atoms with Crippen molar-refractivity contribution in [3.8, 4) is 0 Å². The van der Waals surface area contributed by atoms with E-state index in [-0.39, 0.29) is 35.2 Å². The number of rotatable bonds is 17. The zero-order valence-corrected chi connectivity index (χ0v) is 17.9. The number of nitrogens with one attached hydrogen (secondary N) is 2. The third kappa shape index (κ3) is 9.08. The summed E-state index contributed by atoms with van der Waals surface area (Å²) >= 11 is 1.70. The summed E-state index contributed by atoms with van der Waals surface area (Å²) in [6.45, 7) is 5.95. The summed E-state index contributed by atoms with van der Waals surface area (Å²) in [4.78, 5) is 22.4. The number of ether oxygens (including phenoxy) is 4. The minimum atomic E-state index is -0.769. The maximum atomic E-state index is 11.7. The van der Waals surface area contributed by atoms with E-state index in [1.165, 1.54) is 0 Å². The molecule has 2 saturated heterocycles. The van der Waals surface area contributed by atoms with Gasteiger partial charge in [-0.3, -0.25) is 4.79 Å². The number of hydrogen-bond donors (Lipinski definition) is 3. The summed E-state index contributed by atoms with van der Waals surface area (Å²) in [6.07, 6.45) is 3.52. The maximum absolute atomic E-state index is 11.7. The molecular weight excluding hydrogens is 400 g/mol. The van der Waals surface area contributed by atoms with Crippen LogP contribution in [-0.4, -0.2) is 86.1 Å². The number of aliphatic carboxylic acids is 1. The minimum Gasteiger partial charge on any atom is -0.481 e. The Labute approximate surface area is 176 Å². The Hall–Kier alpha value is -1.07. The van der Waals surface area contributed by atoms with Crippen LogP contribution in [0.1, 0.15) is 39.0 Å². The second-order valence-electron chi connectivity index (χ2n) is 7.06. The third-order valence-electron chi connectivity index (χ3n) is 4.72. The summed E-state index contributed by atoms with van der Waals surface area (Å²) in [5.74, 6) is -0.769. The molecule has 0 aromatic rings. The standard InChI is InChI=1S/C19H34N2O7S/c1-2-7-25-8-9-26-10-11-27-12-13-28-18-17-16(20-19(24)21-17)14(29-18)5-3-4-6-15(22)23/h14,16-18H,2-13H2,1H3,(H,22,23)(H2,20,21,24)/t14-,16+,17+,18+/m0/s1. The number of unbranched alkanes of at least 4 members (excludes halogenated alkanes) is 1. The predicted octanol–water partition coefficient (Wildman–Crippen LogP) is 1.60. The SMILES string of the molecule is CCCOCCOCCOCCO[C@@H]1S[C@@H](CCCCC(=O)O)[C@H]2NC(=O)N[C@H]21. The molecule has 4 atom stereocenters. The summed E-state index contributed by atoms with van der Waals surface area (Å²) in [5.41, 5.74) is -0.126. The van der Waals surface area contributed by atoms with Gasteiger partial charge < -0.3 is 34.7 Å². The molecule has 2 rings (SSSR count). The average molecular weight is 435 g/mol. The van der Waals surface area contributed by atoms with Gasteiger partial charge in [-0.15, -0.1) is 11.8 Å². The number of carbonyl (C=O) groups is 2. The van der Waals surface area contributed by atoms with Crippen LogP contribution in [0.4, 0.5) is 4.79 Å². The first kappa shape index (κ1) is 24.2. The van der Waals surface area contributed by atoms with Gasteiger partial charge in [0.25, 0.3) is 0 Å². The number of amides is 2. The molecule has 0 saturated carbocycles. The molecule has 0 aromatic carbocycles. The fourth-order valence-electron chi connectivity index (χ4n) is 3.35. The molecular formula is C19H34N2O7S. The fourth-order valence-corrected chi connectivity index (χ4v) is 4.98. The van der Waals surface area contributed by atoms with Gasteiger partial charge in [-0.1, -0.05) is 13.3 Å².